The summed E-state index contributed by atoms with van der Waals surface area (Å²) in [5.74, 6) is -1.16. The first-order chi connectivity index (χ1) is 11.9. The largest absolute Gasteiger partial charge is 0.421 e. The van der Waals surface area contributed by atoms with Crippen molar-refractivity contribution in [3.05, 3.63) is 39.9 Å². The zero-order valence-corrected chi connectivity index (χ0v) is 14.3. The van der Waals surface area contributed by atoms with Gasteiger partial charge >= 0.3 is 6.18 Å². The Hall–Kier alpha value is -2.36. The third-order valence-corrected chi connectivity index (χ3v) is 3.96. The molecule has 0 aliphatic rings. The molecule has 2 aromatic rings. The van der Waals surface area contributed by atoms with E-state index in [2.05, 4.69) is 5.10 Å². The van der Waals surface area contributed by atoms with Crippen molar-refractivity contribution in [1.29, 1.82) is 5.26 Å². The summed E-state index contributed by atoms with van der Waals surface area (Å²) < 4.78 is 78.6. The number of nitrogens with one attached hydrogen (secondary N) is 1. The third kappa shape index (κ3) is 3.90. The van der Waals surface area contributed by atoms with Crippen LogP contribution < -0.4 is 4.72 Å². The molecular formula is C13H9ClF4N4O3S. The summed E-state index contributed by atoms with van der Waals surface area (Å²) in [6.07, 6.45) is -4.25. The number of rotatable bonds is 4. The van der Waals surface area contributed by atoms with Crippen molar-refractivity contribution < 1.29 is 31.1 Å². The second-order valence-corrected chi connectivity index (χ2v) is 7.16. The fourth-order valence-electron chi connectivity index (χ4n) is 2.13. The Morgan fingerprint density at radius 1 is 1.42 bits per heavy atom. The number of aliphatic hydroxyl groups excluding tert-OH is 1. The van der Waals surface area contributed by atoms with E-state index in [4.69, 9.17) is 22.0 Å². The van der Waals surface area contributed by atoms with Gasteiger partial charge in [-0.2, -0.15) is 23.5 Å². The summed E-state index contributed by atoms with van der Waals surface area (Å²) in [5, 5.41) is 21.2. The van der Waals surface area contributed by atoms with Gasteiger partial charge in [0.15, 0.2) is 11.5 Å². The fraction of sp³-hybridized carbons (Fsp3) is 0.231. The molecule has 2 rings (SSSR count). The molecule has 0 aliphatic carbocycles. The molecule has 0 bridgehead atoms. The molecular weight excluding hydrogens is 404 g/mol. The van der Waals surface area contributed by atoms with Gasteiger partial charge < -0.3 is 5.11 Å². The van der Waals surface area contributed by atoms with Crippen molar-refractivity contribution in [2.45, 2.75) is 12.8 Å². The molecule has 2 N–H and O–H groups in total. The van der Waals surface area contributed by atoms with Gasteiger partial charge in [-0.1, -0.05) is 11.6 Å². The Kier molecular flexibility index (Phi) is 5.18. The smallest absolute Gasteiger partial charge is 0.390 e. The van der Waals surface area contributed by atoms with E-state index < -0.39 is 51.3 Å². The number of aliphatic hydroxyl groups is 1. The summed E-state index contributed by atoms with van der Waals surface area (Å²) in [6.45, 7) is -1.15. The lowest BCUT2D eigenvalue weighted by molar-refractivity contribution is -0.138. The summed E-state index contributed by atoms with van der Waals surface area (Å²) in [6, 6.07) is 2.70. The zero-order valence-electron chi connectivity index (χ0n) is 12.8. The third-order valence-electron chi connectivity index (χ3n) is 3.06. The molecule has 0 aliphatic heterocycles. The summed E-state index contributed by atoms with van der Waals surface area (Å²) in [7, 11) is -3.83. The van der Waals surface area contributed by atoms with E-state index >= 15 is 0 Å². The molecule has 0 atom stereocenters. The van der Waals surface area contributed by atoms with Gasteiger partial charge in [-0.25, -0.2) is 17.5 Å². The molecule has 0 saturated heterocycles. The lowest BCUT2D eigenvalue weighted by Gasteiger charge is -2.11. The second kappa shape index (κ2) is 6.75. The normalized spacial score (nSPS) is 12.1. The summed E-state index contributed by atoms with van der Waals surface area (Å²) >= 11 is 5.72. The minimum absolute atomic E-state index is 0.327. The van der Waals surface area contributed by atoms with E-state index in [9.17, 15) is 26.0 Å². The first kappa shape index (κ1) is 20.0. The monoisotopic (exact) mass is 412 g/mol. The quantitative estimate of drug-likeness (QED) is 0.750. The van der Waals surface area contributed by atoms with E-state index in [1.54, 1.807) is 0 Å². The Balaban J connectivity index is 2.79. The van der Waals surface area contributed by atoms with Crippen molar-refractivity contribution in [3.8, 4) is 11.8 Å². The first-order valence-electron chi connectivity index (χ1n) is 6.56. The Bertz CT molecular complexity index is 1010. The van der Waals surface area contributed by atoms with Gasteiger partial charge in [0.05, 0.1) is 23.6 Å². The molecule has 1 aromatic carbocycles. The van der Waals surface area contributed by atoms with E-state index in [0.29, 0.717) is 10.7 Å². The molecule has 0 fully saturated rings. The minimum atomic E-state index is -5.03. The number of nitrogens with zero attached hydrogens (tertiary/aromatic N) is 3. The highest BCUT2D eigenvalue weighted by Crippen LogP contribution is 2.37. The number of anilines is 1. The Labute approximate surface area is 149 Å². The van der Waals surface area contributed by atoms with E-state index in [-0.39, 0.29) is 10.7 Å². The molecule has 0 saturated carbocycles. The van der Waals surface area contributed by atoms with Crippen LogP contribution in [0.5, 0.6) is 0 Å². The number of nitriles is 1. The van der Waals surface area contributed by atoms with Crippen LogP contribution in [0, 0.1) is 17.1 Å². The zero-order chi connectivity index (χ0) is 19.9. The lowest BCUT2D eigenvalue weighted by Crippen LogP contribution is -2.12. The maximum absolute atomic E-state index is 14.2. The number of hydrogen-bond donors (Lipinski definition) is 2. The van der Waals surface area contributed by atoms with E-state index in [0.717, 1.165) is 12.3 Å². The van der Waals surface area contributed by atoms with Crippen molar-refractivity contribution >= 4 is 27.3 Å². The van der Waals surface area contributed by atoms with Crippen molar-refractivity contribution in [3.63, 3.8) is 0 Å². The standard InChI is InChI=1S/C13H9ClF4N4O3S/c1-26(24,25)21-8-3-10(7(15)2-6(8)14)22-11(4-19)12(13(16,17)18)9(5-23)20-22/h2-3,21,23H,5H2,1H3. The second-order valence-electron chi connectivity index (χ2n) is 5.01. The Morgan fingerprint density at radius 3 is 2.50 bits per heavy atom. The van der Waals surface area contributed by atoms with Crippen LogP contribution in [0.3, 0.4) is 0 Å². The number of benzene rings is 1. The lowest BCUT2D eigenvalue weighted by atomic mass is 10.1. The topological polar surface area (TPSA) is 108 Å². The summed E-state index contributed by atoms with van der Waals surface area (Å²) in [4.78, 5) is 0. The van der Waals surface area contributed by atoms with Crippen LogP contribution in [0.4, 0.5) is 23.2 Å². The predicted octanol–water partition coefficient (Wildman–Crippen LogP) is 2.42. The van der Waals surface area contributed by atoms with Gasteiger partial charge in [0.2, 0.25) is 10.0 Å². The van der Waals surface area contributed by atoms with Crippen LogP contribution in [0.25, 0.3) is 5.69 Å². The number of hydrogen-bond acceptors (Lipinski definition) is 5. The molecule has 0 unspecified atom stereocenters. The molecule has 1 aromatic heterocycles. The highest BCUT2D eigenvalue weighted by atomic mass is 35.5. The van der Waals surface area contributed by atoms with Crippen LogP contribution in [-0.2, 0) is 22.8 Å². The highest BCUT2D eigenvalue weighted by molar-refractivity contribution is 7.92. The Morgan fingerprint density at radius 2 is 2.04 bits per heavy atom. The van der Waals surface area contributed by atoms with Crippen molar-refractivity contribution in [2.75, 3.05) is 11.0 Å². The van der Waals surface area contributed by atoms with Gasteiger partial charge in [-0.05, 0) is 12.1 Å². The van der Waals surface area contributed by atoms with Crippen LogP contribution in [0.1, 0.15) is 17.0 Å². The molecule has 26 heavy (non-hydrogen) atoms. The number of alkyl halides is 3. The SMILES string of the molecule is CS(=O)(=O)Nc1cc(-n2nc(CO)c(C(F)(F)F)c2C#N)c(F)cc1Cl. The van der Waals surface area contributed by atoms with Gasteiger partial charge in [-0.15, -0.1) is 0 Å². The first-order valence-corrected chi connectivity index (χ1v) is 8.83. The maximum atomic E-state index is 14.2. The van der Waals surface area contributed by atoms with Crippen LogP contribution >= 0.6 is 11.6 Å². The number of aromatic nitrogens is 2. The van der Waals surface area contributed by atoms with Crippen LogP contribution in [0.15, 0.2) is 12.1 Å². The van der Waals surface area contributed by atoms with Crippen molar-refractivity contribution in [2.24, 2.45) is 0 Å². The molecule has 140 valence electrons. The fourth-order valence-corrected chi connectivity index (χ4v) is 2.95. The molecule has 0 spiro atoms. The van der Waals surface area contributed by atoms with Gasteiger partial charge in [0.25, 0.3) is 0 Å². The molecule has 13 heteroatoms. The molecule has 1 heterocycles. The van der Waals surface area contributed by atoms with Gasteiger partial charge in [0, 0.05) is 0 Å². The average Bonchev–Trinajstić information content (AvgIpc) is 2.87. The van der Waals surface area contributed by atoms with Gasteiger partial charge in [0.1, 0.15) is 23.0 Å². The maximum Gasteiger partial charge on any atom is 0.421 e. The minimum Gasteiger partial charge on any atom is -0.390 e. The molecule has 0 amide bonds. The van der Waals surface area contributed by atoms with Gasteiger partial charge in [-0.3, -0.25) is 4.72 Å². The molecule has 0 radical (unpaired) electrons. The number of sulfonamides is 1. The summed E-state index contributed by atoms with van der Waals surface area (Å²) in [5.41, 5.74) is -4.48. The van der Waals surface area contributed by atoms with Crippen LogP contribution in [0.2, 0.25) is 5.02 Å². The van der Waals surface area contributed by atoms with E-state index in [1.165, 1.54) is 6.07 Å². The van der Waals surface area contributed by atoms with Crippen molar-refractivity contribution in [1.82, 2.24) is 9.78 Å². The average molecular weight is 413 g/mol. The highest BCUT2D eigenvalue weighted by Gasteiger charge is 2.40. The molecule has 7 nitrogen and oxygen atoms in total. The predicted molar refractivity (Wildman–Crippen MR) is 82.6 cm³/mol. The van der Waals surface area contributed by atoms with E-state index in [1.807, 2.05) is 4.72 Å². The number of halogens is 5. The van der Waals surface area contributed by atoms with Crippen LogP contribution in [-0.4, -0.2) is 29.6 Å².